The van der Waals surface area contributed by atoms with E-state index in [1.165, 1.54) is 5.56 Å². The lowest BCUT2D eigenvalue weighted by molar-refractivity contribution is -0.0275. The van der Waals surface area contributed by atoms with Crippen molar-refractivity contribution in [1.82, 2.24) is 14.7 Å². The number of likely N-dealkylation sites (tertiary alicyclic amines) is 1. The lowest BCUT2D eigenvalue weighted by Crippen LogP contribution is -2.48. The lowest BCUT2D eigenvalue weighted by atomic mass is 10.0. The Morgan fingerprint density at radius 2 is 1.93 bits per heavy atom. The lowest BCUT2D eigenvalue weighted by Gasteiger charge is -2.36. The van der Waals surface area contributed by atoms with Crippen molar-refractivity contribution >= 4 is 0 Å². The highest BCUT2D eigenvalue weighted by Gasteiger charge is 2.29. The smallest absolute Gasteiger partial charge is 0.164 e. The van der Waals surface area contributed by atoms with E-state index in [2.05, 4.69) is 22.1 Å². The molecule has 1 saturated heterocycles. The summed E-state index contributed by atoms with van der Waals surface area (Å²) in [5.74, 6) is 1.92. The molecule has 2 heterocycles. The van der Waals surface area contributed by atoms with Crippen LogP contribution in [0.3, 0.4) is 0 Å². The van der Waals surface area contributed by atoms with Crippen molar-refractivity contribution in [2.75, 3.05) is 27.3 Å². The second kappa shape index (κ2) is 9.19. The molecular weight excluding hydrogens is 382 g/mol. The van der Waals surface area contributed by atoms with Crippen LogP contribution in [-0.2, 0) is 6.54 Å². The normalized spacial score (nSPS) is 19.4. The van der Waals surface area contributed by atoms with E-state index in [1.54, 1.807) is 26.5 Å². The third-order valence-electron chi connectivity index (χ3n) is 5.33. The number of rotatable bonds is 7. The van der Waals surface area contributed by atoms with Crippen LogP contribution in [0.5, 0.6) is 17.2 Å². The maximum absolute atomic E-state index is 10.7. The topological polar surface area (TPSA) is 69.0 Å². The van der Waals surface area contributed by atoms with Gasteiger partial charge < -0.3 is 19.3 Å². The Kier molecular flexibility index (Phi) is 6.21. The maximum atomic E-state index is 10.7. The van der Waals surface area contributed by atoms with E-state index < -0.39 is 6.10 Å². The fraction of sp³-hybridized carbons (Fsp3) is 0.348. The van der Waals surface area contributed by atoms with E-state index in [0.29, 0.717) is 23.8 Å². The minimum atomic E-state index is -0.568. The number of methoxy groups -OCH3 is 2. The van der Waals surface area contributed by atoms with Crippen LogP contribution in [0.2, 0.25) is 0 Å². The highest BCUT2D eigenvalue weighted by Crippen LogP contribution is 2.32. The summed E-state index contributed by atoms with van der Waals surface area (Å²) >= 11 is 0. The molecule has 4 rings (SSSR count). The molecule has 0 saturated carbocycles. The molecular formula is C23H27N3O4. The first-order valence-electron chi connectivity index (χ1n) is 10.0. The van der Waals surface area contributed by atoms with Gasteiger partial charge in [-0.1, -0.05) is 12.1 Å². The third kappa shape index (κ3) is 4.58. The highest BCUT2D eigenvalue weighted by molar-refractivity contribution is 5.45. The quantitative estimate of drug-likeness (QED) is 0.647. The van der Waals surface area contributed by atoms with E-state index in [0.717, 1.165) is 25.2 Å². The molecule has 7 heteroatoms. The Hall–Kier alpha value is -3.03. The van der Waals surface area contributed by atoms with Gasteiger partial charge in [-0.05, 0) is 42.3 Å². The summed E-state index contributed by atoms with van der Waals surface area (Å²) in [6.45, 7) is 2.18. The van der Waals surface area contributed by atoms with Gasteiger partial charge in [0.2, 0.25) is 0 Å². The molecule has 0 amide bonds. The van der Waals surface area contributed by atoms with E-state index in [-0.39, 0.29) is 6.10 Å². The molecule has 7 nitrogen and oxygen atoms in total. The van der Waals surface area contributed by atoms with E-state index >= 15 is 0 Å². The zero-order chi connectivity index (χ0) is 20.9. The predicted octanol–water partition coefficient (Wildman–Crippen LogP) is 2.90. The number of aliphatic hydroxyl groups is 1. The van der Waals surface area contributed by atoms with Gasteiger partial charge in [-0.15, -0.1) is 0 Å². The van der Waals surface area contributed by atoms with Gasteiger partial charge in [0, 0.05) is 38.1 Å². The Labute approximate surface area is 176 Å². The van der Waals surface area contributed by atoms with Crippen LogP contribution in [0, 0.1) is 0 Å². The van der Waals surface area contributed by atoms with Crippen molar-refractivity contribution in [2.24, 2.45) is 0 Å². The third-order valence-corrected chi connectivity index (χ3v) is 5.33. The van der Waals surface area contributed by atoms with Gasteiger partial charge in [-0.25, -0.2) is 4.68 Å². The SMILES string of the molecule is COc1ccc(O[C@@H]2CCN(Cc3cccc(-n4cccn4)c3)C[C@H]2O)cc1OC. The molecule has 0 radical (unpaired) electrons. The number of β-amino-alcohol motifs (C(OH)–C–C–N with tert-alkyl or cyclic N) is 1. The Bertz CT molecular complexity index is 961. The van der Waals surface area contributed by atoms with E-state index in [1.807, 2.05) is 41.2 Å². The van der Waals surface area contributed by atoms with Crippen LogP contribution in [0.4, 0.5) is 0 Å². The molecule has 1 fully saturated rings. The summed E-state index contributed by atoms with van der Waals surface area (Å²) in [6.07, 6.45) is 3.62. The molecule has 0 unspecified atom stereocenters. The molecule has 158 valence electrons. The molecule has 1 aliphatic heterocycles. The van der Waals surface area contributed by atoms with Crippen molar-refractivity contribution in [1.29, 1.82) is 0 Å². The number of hydrogen-bond acceptors (Lipinski definition) is 6. The van der Waals surface area contributed by atoms with Crippen LogP contribution >= 0.6 is 0 Å². The predicted molar refractivity (Wildman–Crippen MR) is 113 cm³/mol. The average molecular weight is 409 g/mol. The van der Waals surface area contributed by atoms with Crippen molar-refractivity contribution in [3.63, 3.8) is 0 Å². The monoisotopic (exact) mass is 409 g/mol. The number of benzene rings is 2. The Morgan fingerprint density at radius 1 is 1.07 bits per heavy atom. The summed E-state index contributed by atoms with van der Waals surface area (Å²) in [4.78, 5) is 2.25. The average Bonchev–Trinajstić information content (AvgIpc) is 3.31. The fourth-order valence-electron chi connectivity index (χ4n) is 3.80. The van der Waals surface area contributed by atoms with Crippen molar-refractivity contribution in [3.8, 4) is 22.9 Å². The first-order valence-corrected chi connectivity index (χ1v) is 10.0. The number of nitrogens with zero attached hydrogens (tertiary/aromatic N) is 3. The minimum Gasteiger partial charge on any atom is -0.493 e. The molecule has 0 aliphatic carbocycles. The Balaban J connectivity index is 1.36. The number of piperidine rings is 1. The van der Waals surface area contributed by atoms with Crippen molar-refractivity contribution in [2.45, 2.75) is 25.2 Å². The zero-order valence-corrected chi connectivity index (χ0v) is 17.3. The summed E-state index contributed by atoms with van der Waals surface area (Å²) in [5.41, 5.74) is 2.22. The molecule has 3 aromatic rings. The second-order valence-corrected chi connectivity index (χ2v) is 7.38. The first-order chi connectivity index (χ1) is 14.7. The van der Waals surface area contributed by atoms with Crippen molar-refractivity contribution < 1.29 is 19.3 Å². The zero-order valence-electron chi connectivity index (χ0n) is 17.3. The van der Waals surface area contributed by atoms with Gasteiger partial charge >= 0.3 is 0 Å². The van der Waals surface area contributed by atoms with Gasteiger partial charge in [0.05, 0.1) is 19.9 Å². The number of aliphatic hydroxyl groups excluding tert-OH is 1. The molecule has 0 bridgehead atoms. The van der Waals surface area contributed by atoms with Gasteiger partial charge in [0.25, 0.3) is 0 Å². The van der Waals surface area contributed by atoms with Crippen LogP contribution in [0.25, 0.3) is 5.69 Å². The molecule has 2 aromatic carbocycles. The van der Waals surface area contributed by atoms with Gasteiger partial charge in [0.15, 0.2) is 11.5 Å². The van der Waals surface area contributed by atoms with Gasteiger partial charge in [-0.3, -0.25) is 4.90 Å². The number of hydrogen-bond donors (Lipinski definition) is 1. The molecule has 2 atom stereocenters. The fourth-order valence-corrected chi connectivity index (χ4v) is 3.80. The molecule has 1 aromatic heterocycles. The van der Waals surface area contributed by atoms with E-state index in [4.69, 9.17) is 14.2 Å². The van der Waals surface area contributed by atoms with Crippen LogP contribution < -0.4 is 14.2 Å². The summed E-state index contributed by atoms with van der Waals surface area (Å²) in [6, 6.07) is 15.6. The molecule has 30 heavy (non-hydrogen) atoms. The highest BCUT2D eigenvalue weighted by atomic mass is 16.5. The number of ether oxygens (including phenoxy) is 3. The Morgan fingerprint density at radius 3 is 2.67 bits per heavy atom. The summed E-state index contributed by atoms with van der Waals surface area (Å²) in [5, 5.41) is 15.0. The van der Waals surface area contributed by atoms with Gasteiger partial charge in [-0.2, -0.15) is 5.10 Å². The van der Waals surface area contributed by atoms with Crippen LogP contribution in [0.15, 0.2) is 60.9 Å². The number of aromatic nitrogens is 2. The summed E-state index contributed by atoms with van der Waals surface area (Å²) < 4.78 is 18.5. The minimum absolute atomic E-state index is 0.255. The summed E-state index contributed by atoms with van der Waals surface area (Å²) in [7, 11) is 3.19. The molecule has 1 aliphatic rings. The largest absolute Gasteiger partial charge is 0.493 e. The standard InChI is InChI=1S/C23H27N3O4/c1-28-22-8-7-19(14-23(22)29-2)30-21-9-12-25(16-20(21)27)15-17-5-3-6-18(13-17)26-11-4-10-24-26/h3-8,10-11,13-14,20-21,27H,9,12,15-16H2,1-2H3/t20-,21-/m1/s1. The maximum Gasteiger partial charge on any atom is 0.164 e. The van der Waals surface area contributed by atoms with E-state index in [9.17, 15) is 5.11 Å². The second-order valence-electron chi connectivity index (χ2n) is 7.38. The first kappa shape index (κ1) is 20.3. The van der Waals surface area contributed by atoms with Crippen LogP contribution in [-0.4, -0.2) is 59.3 Å². The van der Waals surface area contributed by atoms with Crippen molar-refractivity contribution in [3.05, 3.63) is 66.5 Å². The molecule has 1 N–H and O–H groups in total. The van der Waals surface area contributed by atoms with Crippen LogP contribution in [0.1, 0.15) is 12.0 Å². The van der Waals surface area contributed by atoms with Gasteiger partial charge in [0.1, 0.15) is 18.0 Å². The molecule has 0 spiro atoms.